The highest BCUT2D eigenvalue weighted by Crippen LogP contribution is 2.33. The molecule has 0 spiro atoms. The van der Waals surface area contributed by atoms with Crippen LogP contribution in [-0.4, -0.2) is 35.5 Å². The summed E-state index contributed by atoms with van der Waals surface area (Å²) in [6.07, 6.45) is 1.71. The van der Waals surface area contributed by atoms with E-state index in [0.29, 0.717) is 22.3 Å². The molecule has 6 nitrogen and oxygen atoms in total. The molecule has 1 aliphatic heterocycles. The number of rotatable bonds is 7. The zero-order valence-corrected chi connectivity index (χ0v) is 25.9. The first-order valence-electron chi connectivity index (χ1n) is 10.7. The number of halogens is 4. The Morgan fingerprint density at radius 1 is 1.00 bits per heavy atom. The second-order valence-electron chi connectivity index (χ2n) is 7.82. The molecule has 1 aliphatic rings. The van der Waals surface area contributed by atoms with Crippen molar-refractivity contribution in [2.75, 3.05) is 18.6 Å². The van der Waals surface area contributed by atoms with Gasteiger partial charge in [-0.05, 0) is 123 Å². The number of thiocarbonyl (C=S) groups is 1. The quantitative estimate of drug-likeness (QED) is 0.112. The predicted octanol–water partition coefficient (Wildman–Crippen LogP) is 6.93. The molecule has 0 aliphatic carbocycles. The van der Waals surface area contributed by atoms with E-state index in [-0.39, 0.29) is 23.3 Å². The fourth-order valence-corrected chi connectivity index (χ4v) is 6.27. The third-order valence-electron chi connectivity index (χ3n) is 5.36. The lowest BCUT2D eigenvalue weighted by molar-refractivity contribution is -0.140. The number of anilines is 1. The zero-order valence-electron chi connectivity index (χ0n) is 19.2. The minimum absolute atomic E-state index is 0.177. The minimum atomic E-state index is -0.519. The van der Waals surface area contributed by atoms with Crippen molar-refractivity contribution in [3.63, 3.8) is 0 Å². The van der Waals surface area contributed by atoms with Crippen LogP contribution >= 0.6 is 80.6 Å². The Kier molecular flexibility index (Phi) is 9.33. The maximum absolute atomic E-state index is 13.5. The van der Waals surface area contributed by atoms with Gasteiger partial charge in [-0.25, -0.2) is 0 Å². The number of hydrogen-bond donors (Lipinski definition) is 0. The number of methoxy groups -OCH3 is 1. The Morgan fingerprint density at radius 2 is 1.57 bits per heavy atom. The molecular formula is C26H18Cl2I2N2O4S. The number of ether oxygens (including phenoxy) is 2. The van der Waals surface area contributed by atoms with E-state index in [4.69, 9.17) is 44.9 Å². The standard InChI is InChI=1S/C26H18Cl2I2N2O4S/c1-35-23(33)13-31-22(25(34)32(26(31)37)19-8-6-18(28)7-9-19)12-16-10-20(29)24(21(30)11-16)36-14-15-2-4-17(27)5-3-15/h2-12H,13-14H2,1H3/b22-12-. The molecule has 3 aromatic carbocycles. The highest BCUT2D eigenvalue weighted by atomic mass is 127. The van der Waals surface area contributed by atoms with Crippen LogP contribution in [0.4, 0.5) is 5.69 Å². The average Bonchev–Trinajstić information content (AvgIpc) is 3.09. The van der Waals surface area contributed by atoms with Crippen LogP contribution < -0.4 is 9.64 Å². The molecule has 190 valence electrons. The summed E-state index contributed by atoms with van der Waals surface area (Å²) >= 11 is 22.0. The Hall–Kier alpha value is -1.93. The van der Waals surface area contributed by atoms with Crippen molar-refractivity contribution in [3.05, 3.63) is 94.7 Å². The van der Waals surface area contributed by atoms with Gasteiger partial charge in [0, 0.05) is 10.0 Å². The first-order chi connectivity index (χ1) is 17.7. The largest absolute Gasteiger partial charge is 0.487 e. The first-order valence-corrected chi connectivity index (χ1v) is 14.1. The molecule has 1 saturated heterocycles. The van der Waals surface area contributed by atoms with Crippen LogP contribution in [0.1, 0.15) is 11.1 Å². The van der Waals surface area contributed by atoms with Gasteiger partial charge in [0.05, 0.1) is 19.9 Å². The topological polar surface area (TPSA) is 59.1 Å². The second kappa shape index (κ2) is 12.3. The number of amides is 1. The highest BCUT2D eigenvalue weighted by molar-refractivity contribution is 14.1. The van der Waals surface area contributed by atoms with E-state index in [1.165, 1.54) is 16.9 Å². The van der Waals surface area contributed by atoms with Gasteiger partial charge in [0.15, 0.2) is 5.11 Å². The summed E-state index contributed by atoms with van der Waals surface area (Å²) in [7, 11) is 1.29. The predicted molar refractivity (Wildman–Crippen MR) is 166 cm³/mol. The van der Waals surface area contributed by atoms with Crippen LogP contribution in [0.5, 0.6) is 5.75 Å². The molecule has 37 heavy (non-hydrogen) atoms. The first kappa shape index (κ1) is 28.1. The molecule has 3 aromatic rings. The molecule has 0 saturated carbocycles. The Labute approximate surface area is 256 Å². The lowest BCUT2D eigenvalue weighted by Gasteiger charge is -2.19. The van der Waals surface area contributed by atoms with Crippen molar-refractivity contribution in [2.24, 2.45) is 0 Å². The van der Waals surface area contributed by atoms with Crippen molar-refractivity contribution in [3.8, 4) is 5.75 Å². The van der Waals surface area contributed by atoms with Crippen LogP contribution in [-0.2, 0) is 20.9 Å². The van der Waals surface area contributed by atoms with Crippen molar-refractivity contribution < 1.29 is 19.1 Å². The summed E-state index contributed by atoms with van der Waals surface area (Å²) in [6.45, 7) is 0.187. The van der Waals surface area contributed by atoms with Gasteiger partial charge in [0.1, 0.15) is 24.6 Å². The number of nitrogens with zero attached hydrogens (tertiary/aromatic N) is 2. The maximum Gasteiger partial charge on any atom is 0.325 e. The van der Waals surface area contributed by atoms with E-state index in [2.05, 4.69) is 45.2 Å². The number of hydrogen-bond acceptors (Lipinski definition) is 5. The molecule has 0 N–H and O–H groups in total. The van der Waals surface area contributed by atoms with E-state index in [1.807, 2.05) is 36.4 Å². The minimum Gasteiger partial charge on any atom is -0.487 e. The molecule has 1 heterocycles. The zero-order chi connectivity index (χ0) is 26.7. The van der Waals surface area contributed by atoms with Crippen LogP contribution in [0.2, 0.25) is 10.0 Å². The van der Waals surface area contributed by atoms with E-state index in [0.717, 1.165) is 24.0 Å². The third kappa shape index (κ3) is 6.56. The summed E-state index contributed by atoms with van der Waals surface area (Å²) in [5.41, 5.74) is 2.55. The van der Waals surface area contributed by atoms with Crippen molar-refractivity contribution in [1.82, 2.24) is 4.90 Å². The monoisotopic (exact) mass is 778 g/mol. The molecule has 1 amide bonds. The average molecular weight is 779 g/mol. The van der Waals surface area contributed by atoms with Crippen molar-refractivity contribution >= 4 is 109 Å². The Morgan fingerprint density at radius 3 is 2.14 bits per heavy atom. The van der Waals surface area contributed by atoms with Gasteiger partial charge in [-0.2, -0.15) is 0 Å². The Bertz CT molecular complexity index is 1380. The van der Waals surface area contributed by atoms with E-state index in [9.17, 15) is 9.59 Å². The highest BCUT2D eigenvalue weighted by Gasteiger charge is 2.40. The van der Waals surface area contributed by atoms with Gasteiger partial charge < -0.3 is 14.4 Å². The van der Waals surface area contributed by atoms with E-state index in [1.54, 1.807) is 30.3 Å². The lowest BCUT2D eigenvalue weighted by Crippen LogP contribution is -2.35. The smallest absolute Gasteiger partial charge is 0.325 e. The molecular weight excluding hydrogens is 761 g/mol. The summed E-state index contributed by atoms with van der Waals surface area (Å²) < 4.78 is 12.6. The van der Waals surface area contributed by atoms with Crippen LogP contribution in [0, 0.1) is 7.14 Å². The molecule has 0 aromatic heterocycles. The van der Waals surface area contributed by atoms with Gasteiger partial charge in [0.25, 0.3) is 5.91 Å². The number of carbonyl (C=O) groups is 2. The van der Waals surface area contributed by atoms with E-state index < -0.39 is 5.97 Å². The fourth-order valence-electron chi connectivity index (χ4n) is 3.54. The van der Waals surface area contributed by atoms with Gasteiger partial charge in [-0.15, -0.1) is 0 Å². The summed E-state index contributed by atoms with van der Waals surface area (Å²) in [5, 5.41) is 1.38. The van der Waals surface area contributed by atoms with Crippen LogP contribution in [0.3, 0.4) is 0 Å². The van der Waals surface area contributed by atoms with Gasteiger partial charge >= 0.3 is 5.97 Å². The molecule has 11 heteroatoms. The SMILES string of the molecule is COC(=O)CN1C(=S)N(c2ccc(Cl)cc2)C(=O)/C1=C/c1cc(I)c(OCc2ccc(Cl)cc2)c(I)c1. The maximum atomic E-state index is 13.5. The number of benzene rings is 3. The molecule has 4 rings (SSSR count). The normalized spacial score (nSPS) is 14.5. The molecule has 1 fully saturated rings. The third-order valence-corrected chi connectivity index (χ3v) is 7.86. The number of esters is 1. The Balaban J connectivity index is 1.65. The van der Waals surface area contributed by atoms with E-state index >= 15 is 0 Å². The summed E-state index contributed by atoms with van der Waals surface area (Å²) in [6, 6.07) is 18.0. The fraction of sp³-hybridized carbons (Fsp3) is 0.115. The van der Waals surface area contributed by atoms with Crippen molar-refractivity contribution in [2.45, 2.75) is 6.61 Å². The van der Waals surface area contributed by atoms with Gasteiger partial charge in [-0.3, -0.25) is 14.5 Å². The van der Waals surface area contributed by atoms with Gasteiger partial charge in [-0.1, -0.05) is 35.3 Å². The van der Waals surface area contributed by atoms with Crippen LogP contribution in [0.15, 0.2) is 66.4 Å². The molecule has 0 atom stereocenters. The summed E-state index contributed by atoms with van der Waals surface area (Å²) in [4.78, 5) is 28.5. The summed E-state index contributed by atoms with van der Waals surface area (Å²) in [5.74, 6) is -0.140. The van der Waals surface area contributed by atoms with Crippen molar-refractivity contribution in [1.29, 1.82) is 0 Å². The lowest BCUT2D eigenvalue weighted by atomic mass is 10.1. The molecule has 0 radical (unpaired) electrons. The van der Waals surface area contributed by atoms with Gasteiger partial charge in [0.2, 0.25) is 0 Å². The number of carbonyl (C=O) groups excluding carboxylic acids is 2. The van der Waals surface area contributed by atoms with Crippen LogP contribution in [0.25, 0.3) is 6.08 Å². The molecule has 0 unspecified atom stereocenters. The second-order valence-corrected chi connectivity index (χ2v) is 11.4. The molecule has 0 bridgehead atoms.